The molecule has 0 spiro atoms. The molecule has 0 aromatic carbocycles. The fourth-order valence-corrected chi connectivity index (χ4v) is 3.65. The summed E-state index contributed by atoms with van der Waals surface area (Å²) in [6.45, 7) is 4.33. The van der Waals surface area contributed by atoms with Gasteiger partial charge in [-0.2, -0.15) is 0 Å². The van der Waals surface area contributed by atoms with Crippen molar-refractivity contribution in [3.63, 3.8) is 0 Å². The average Bonchev–Trinajstić information content (AvgIpc) is 2.88. The molecule has 1 heterocycles. The van der Waals surface area contributed by atoms with Gasteiger partial charge < -0.3 is 10.6 Å². The second-order valence-corrected chi connectivity index (χ2v) is 6.57. The van der Waals surface area contributed by atoms with E-state index in [1.54, 1.807) is 11.3 Å². The van der Waals surface area contributed by atoms with Gasteiger partial charge in [-0.3, -0.25) is 0 Å². The number of hydrogen-bond acceptors (Lipinski definition) is 4. The summed E-state index contributed by atoms with van der Waals surface area (Å²) in [5, 5.41) is 1.13. The minimum Gasteiger partial charge on any atom is -0.348 e. The Morgan fingerprint density at radius 3 is 2.61 bits per heavy atom. The molecule has 0 amide bonds. The summed E-state index contributed by atoms with van der Waals surface area (Å²) in [6, 6.07) is 0.764. The molecule has 2 rings (SSSR count). The Kier molecular flexibility index (Phi) is 4.62. The zero-order valence-corrected chi connectivity index (χ0v) is 12.5. The van der Waals surface area contributed by atoms with Crippen LogP contribution in [0.25, 0.3) is 0 Å². The fourth-order valence-electron chi connectivity index (χ4n) is 2.75. The predicted octanol–water partition coefficient (Wildman–Crippen LogP) is 3.57. The van der Waals surface area contributed by atoms with E-state index in [9.17, 15) is 0 Å². The van der Waals surface area contributed by atoms with Crippen molar-refractivity contribution in [1.29, 1.82) is 0 Å². The molecule has 1 aliphatic carbocycles. The molecule has 0 radical (unpaired) electrons. The molecule has 2 N–H and O–H groups in total. The van der Waals surface area contributed by atoms with Gasteiger partial charge in [0.2, 0.25) is 0 Å². The largest absolute Gasteiger partial charge is 0.348 e. The van der Waals surface area contributed by atoms with Crippen LogP contribution in [0.2, 0.25) is 0 Å². The lowest BCUT2D eigenvalue weighted by molar-refractivity contribution is 0.313. The molecular weight excluding hydrogens is 242 g/mol. The minimum atomic E-state index is 0.0977. The van der Waals surface area contributed by atoms with Crippen LogP contribution >= 0.6 is 11.3 Å². The number of aromatic nitrogens is 1. The molecular formula is C14H25N3S. The molecule has 1 atom stereocenters. The van der Waals surface area contributed by atoms with Gasteiger partial charge in [0, 0.05) is 30.2 Å². The number of nitrogens with zero attached hydrogens (tertiary/aromatic N) is 2. The van der Waals surface area contributed by atoms with Crippen molar-refractivity contribution in [3.8, 4) is 0 Å². The highest BCUT2D eigenvalue weighted by Crippen LogP contribution is 2.33. The van der Waals surface area contributed by atoms with E-state index in [-0.39, 0.29) is 6.04 Å². The first kappa shape index (κ1) is 13.8. The van der Waals surface area contributed by atoms with Crippen LogP contribution in [0.5, 0.6) is 0 Å². The summed E-state index contributed by atoms with van der Waals surface area (Å²) in [6.07, 6.45) is 8.62. The third kappa shape index (κ3) is 3.04. The van der Waals surface area contributed by atoms with E-state index in [4.69, 9.17) is 5.73 Å². The molecule has 1 saturated carbocycles. The molecule has 0 aliphatic heterocycles. The Labute approximate surface area is 114 Å². The SMILES string of the molecule is CCC1CCC(N(C)c2ncc(C(C)N)s2)CC1. The fraction of sp³-hybridized carbons (Fsp3) is 0.786. The zero-order chi connectivity index (χ0) is 13.1. The standard InChI is InChI=1S/C14H25N3S/c1-4-11-5-7-12(8-6-11)17(3)14-16-9-13(18-14)10(2)15/h9-12H,4-8,15H2,1-3H3. The van der Waals surface area contributed by atoms with Crippen molar-refractivity contribution in [2.45, 2.75) is 58.0 Å². The average molecular weight is 267 g/mol. The number of anilines is 1. The van der Waals surface area contributed by atoms with E-state index in [1.165, 1.54) is 37.0 Å². The van der Waals surface area contributed by atoms with E-state index < -0.39 is 0 Å². The monoisotopic (exact) mass is 267 g/mol. The highest BCUT2D eigenvalue weighted by atomic mass is 32.1. The van der Waals surface area contributed by atoms with Gasteiger partial charge in [0.15, 0.2) is 5.13 Å². The van der Waals surface area contributed by atoms with Gasteiger partial charge >= 0.3 is 0 Å². The van der Waals surface area contributed by atoms with Gasteiger partial charge in [-0.15, -0.1) is 11.3 Å². The van der Waals surface area contributed by atoms with Gasteiger partial charge in [-0.25, -0.2) is 4.98 Å². The van der Waals surface area contributed by atoms with Crippen LogP contribution in [0.1, 0.15) is 56.9 Å². The summed E-state index contributed by atoms with van der Waals surface area (Å²) in [4.78, 5) is 8.06. The van der Waals surface area contributed by atoms with Crippen LogP contribution in [0, 0.1) is 5.92 Å². The lowest BCUT2D eigenvalue weighted by Crippen LogP contribution is -2.35. The van der Waals surface area contributed by atoms with Crippen molar-refractivity contribution in [1.82, 2.24) is 4.98 Å². The maximum atomic E-state index is 5.89. The van der Waals surface area contributed by atoms with E-state index in [1.807, 2.05) is 13.1 Å². The van der Waals surface area contributed by atoms with E-state index in [0.717, 1.165) is 11.0 Å². The maximum absolute atomic E-state index is 5.89. The number of rotatable bonds is 4. The second kappa shape index (κ2) is 6.02. The van der Waals surface area contributed by atoms with Crippen molar-refractivity contribution in [2.75, 3.05) is 11.9 Å². The Morgan fingerprint density at radius 2 is 2.11 bits per heavy atom. The van der Waals surface area contributed by atoms with Gasteiger partial charge in [0.1, 0.15) is 0 Å². The van der Waals surface area contributed by atoms with Gasteiger partial charge in [0.05, 0.1) is 0 Å². The van der Waals surface area contributed by atoms with Gasteiger partial charge in [0.25, 0.3) is 0 Å². The second-order valence-electron chi connectivity index (χ2n) is 5.53. The van der Waals surface area contributed by atoms with Crippen molar-refractivity contribution < 1.29 is 0 Å². The normalized spacial score (nSPS) is 26.0. The molecule has 1 aromatic heterocycles. The van der Waals surface area contributed by atoms with E-state index in [0.29, 0.717) is 6.04 Å². The Hall–Kier alpha value is -0.610. The Balaban J connectivity index is 1.96. The molecule has 1 aromatic rings. The zero-order valence-electron chi connectivity index (χ0n) is 11.7. The van der Waals surface area contributed by atoms with E-state index in [2.05, 4.69) is 23.9 Å². The van der Waals surface area contributed by atoms with Gasteiger partial charge in [-0.1, -0.05) is 13.3 Å². The highest BCUT2D eigenvalue weighted by Gasteiger charge is 2.24. The topological polar surface area (TPSA) is 42.2 Å². The first-order chi connectivity index (χ1) is 8.61. The third-order valence-electron chi connectivity index (χ3n) is 4.20. The van der Waals surface area contributed by atoms with Crippen LogP contribution in [0.3, 0.4) is 0 Å². The number of thiazole rings is 1. The van der Waals surface area contributed by atoms with Crippen molar-refractivity contribution in [2.24, 2.45) is 11.7 Å². The molecule has 102 valence electrons. The molecule has 1 unspecified atom stereocenters. The highest BCUT2D eigenvalue weighted by molar-refractivity contribution is 7.15. The molecule has 0 bridgehead atoms. The van der Waals surface area contributed by atoms with Crippen LogP contribution in [-0.2, 0) is 0 Å². The third-order valence-corrected chi connectivity index (χ3v) is 5.49. The van der Waals surface area contributed by atoms with Crippen LogP contribution in [-0.4, -0.2) is 18.1 Å². The summed E-state index contributed by atoms with van der Waals surface area (Å²) in [5.41, 5.74) is 5.89. The van der Waals surface area contributed by atoms with Crippen LogP contribution < -0.4 is 10.6 Å². The van der Waals surface area contributed by atoms with Crippen molar-refractivity contribution in [3.05, 3.63) is 11.1 Å². The lowest BCUT2D eigenvalue weighted by Gasteiger charge is -2.34. The Bertz CT molecular complexity index is 367. The summed E-state index contributed by atoms with van der Waals surface area (Å²) < 4.78 is 0. The summed E-state index contributed by atoms with van der Waals surface area (Å²) in [7, 11) is 2.18. The molecule has 4 heteroatoms. The first-order valence-corrected chi connectivity index (χ1v) is 7.87. The number of nitrogens with two attached hydrogens (primary N) is 1. The molecule has 3 nitrogen and oxygen atoms in total. The van der Waals surface area contributed by atoms with Crippen molar-refractivity contribution >= 4 is 16.5 Å². The molecule has 18 heavy (non-hydrogen) atoms. The summed E-state index contributed by atoms with van der Waals surface area (Å²) in [5.74, 6) is 0.950. The van der Waals surface area contributed by atoms with Crippen LogP contribution in [0.4, 0.5) is 5.13 Å². The van der Waals surface area contributed by atoms with E-state index >= 15 is 0 Å². The van der Waals surface area contributed by atoms with Gasteiger partial charge in [-0.05, 0) is 38.5 Å². The van der Waals surface area contributed by atoms with Crippen LogP contribution in [0.15, 0.2) is 6.20 Å². The number of hydrogen-bond donors (Lipinski definition) is 1. The molecule has 0 saturated heterocycles. The minimum absolute atomic E-state index is 0.0977. The lowest BCUT2D eigenvalue weighted by atomic mass is 9.84. The molecule has 1 aliphatic rings. The Morgan fingerprint density at radius 1 is 1.44 bits per heavy atom. The summed E-state index contributed by atoms with van der Waals surface area (Å²) >= 11 is 1.74. The smallest absolute Gasteiger partial charge is 0.185 e. The predicted molar refractivity (Wildman–Crippen MR) is 79.2 cm³/mol. The maximum Gasteiger partial charge on any atom is 0.185 e. The molecule has 1 fully saturated rings. The first-order valence-electron chi connectivity index (χ1n) is 7.06. The quantitative estimate of drug-likeness (QED) is 0.907.